The predicted octanol–water partition coefficient (Wildman–Crippen LogP) is 0.134. The fourth-order valence-corrected chi connectivity index (χ4v) is 1.35. The second kappa shape index (κ2) is 9.15. The fraction of sp³-hybridized carbons (Fsp3) is 0.818. The van der Waals surface area contributed by atoms with Gasteiger partial charge in [-0.05, 0) is 19.3 Å². The van der Waals surface area contributed by atoms with Crippen LogP contribution in [0.5, 0.6) is 0 Å². The van der Waals surface area contributed by atoms with Crippen LogP contribution in [0.4, 0.5) is 0 Å². The molecule has 0 aromatic heterocycles. The second-order valence-corrected chi connectivity index (χ2v) is 3.63. The van der Waals surface area contributed by atoms with Gasteiger partial charge in [-0.1, -0.05) is 13.8 Å². The van der Waals surface area contributed by atoms with Gasteiger partial charge in [0.05, 0.1) is 0 Å². The number of carbonyl (C=O) groups excluding carboxylic acids is 2. The van der Waals surface area contributed by atoms with Crippen LogP contribution in [0.2, 0.25) is 0 Å². The number of nitrogens with zero attached hydrogens (tertiary/aromatic N) is 1. The van der Waals surface area contributed by atoms with E-state index in [0.29, 0.717) is 26.1 Å². The van der Waals surface area contributed by atoms with Crippen LogP contribution in [-0.4, -0.2) is 48.1 Å². The average molecular weight is 230 g/mol. The number of carbonyl (C=O) groups is 2. The zero-order chi connectivity index (χ0) is 12.4. The summed E-state index contributed by atoms with van der Waals surface area (Å²) in [6.07, 6.45) is 2.16. The van der Waals surface area contributed by atoms with Crippen molar-refractivity contribution in [2.24, 2.45) is 0 Å². The molecule has 5 heteroatoms. The Morgan fingerprint density at radius 3 is 2.19 bits per heavy atom. The van der Waals surface area contributed by atoms with Gasteiger partial charge in [0, 0.05) is 26.2 Å². The third kappa shape index (κ3) is 5.70. The minimum absolute atomic E-state index is 0.0160. The highest BCUT2D eigenvalue weighted by molar-refractivity contribution is 6.34. The number of rotatable bonds is 7. The Morgan fingerprint density at radius 1 is 1.19 bits per heavy atom. The summed E-state index contributed by atoms with van der Waals surface area (Å²) in [6, 6.07) is 0. The van der Waals surface area contributed by atoms with Crippen LogP contribution in [0.15, 0.2) is 0 Å². The lowest BCUT2D eigenvalue weighted by Crippen LogP contribution is -2.44. The Hall–Kier alpha value is -1.10. The van der Waals surface area contributed by atoms with Gasteiger partial charge in [-0.15, -0.1) is 0 Å². The van der Waals surface area contributed by atoms with Crippen molar-refractivity contribution in [1.29, 1.82) is 0 Å². The molecule has 16 heavy (non-hydrogen) atoms. The Kier molecular flexibility index (Phi) is 8.52. The van der Waals surface area contributed by atoms with Crippen LogP contribution in [0, 0.1) is 0 Å². The molecule has 0 aromatic carbocycles. The molecule has 0 bridgehead atoms. The summed E-state index contributed by atoms with van der Waals surface area (Å²) >= 11 is 0. The van der Waals surface area contributed by atoms with E-state index in [0.717, 1.165) is 12.8 Å². The third-order valence-corrected chi connectivity index (χ3v) is 2.09. The van der Waals surface area contributed by atoms with Crippen molar-refractivity contribution < 1.29 is 14.7 Å². The highest BCUT2D eigenvalue weighted by Crippen LogP contribution is 1.95. The summed E-state index contributed by atoms with van der Waals surface area (Å²) in [7, 11) is 0. The molecule has 0 aliphatic heterocycles. The Labute approximate surface area is 96.8 Å². The number of aliphatic hydroxyl groups excluding tert-OH is 1. The molecule has 0 saturated carbocycles. The lowest BCUT2D eigenvalue weighted by molar-refractivity contribution is -0.145. The van der Waals surface area contributed by atoms with Gasteiger partial charge in [-0.25, -0.2) is 0 Å². The lowest BCUT2D eigenvalue weighted by Gasteiger charge is -2.20. The molecule has 0 aromatic rings. The maximum atomic E-state index is 11.7. The van der Waals surface area contributed by atoms with Gasteiger partial charge in [0.15, 0.2) is 0 Å². The molecule has 0 heterocycles. The maximum absolute atomic E-state index is 11.7. The van der Waals surface area contributed by atoms with E-state index in [1.165, 1.54) is 0 Å². The van der Waals surface area contributed by atoms with E-state index in [1.807, 2.05) is 13.8 Å². The molecule has 0 rings (SSSR count). The molecule has 0 unspecified atom stereocenters. The summed E-state index contributed by atoms with van der Waals surface area (Å²) < 4.78 is 0. The van der Waals surface area contributed by atoms with Crippen LogP contribution < -0.4 is 5.32 Å². The van der Waals surface area contributed by atoms with Gasteiger partial charge < -0.3 is 15.3 Å². The summed E-state index contributed by atoms with van der Waals surface area (Å²) in [6.45, 7) is 5.52. The van der Waals surface area contributed by atoms with E-state index < -0.39 is 11.8 Å². The summed E-state index contributed by atoms with van der Waals surface area (Å²) in [5, 5.41) is 11.0. The topological polar surface area (TPSA) is 69.6 Å². The van der Waals surface area contributed by atoms with Gasteiger partial charge in [-0.3, -0.25) is 9.59 Å². The molecular formula is C11H22N2O3. The van der Waals surface area contributed by atoms with E-state index in [-0.39, 0.29) is 6.61 Å². The zero-order valence-electron chi connectivity index (χ0n) is 10.2. The number of amides is 2. The van der Waals surface area contributed by atoms with Gasteiger partial charge >= 0.3 is 11.8 Å². The van der Waals surface area contributed by atoms with E-state index in [1.54, 1.807) is 4.90 Å². The van der Waals surface area contributed by atoms with Crippen LogP contribution in [0.25, 0.3) is 0 Å². The lowest BCUT2D eigenvalue weighted by atomic mass is 10.3. The molecule has 5 nitrogen and oxygen atoms in total. The monoisotopic (exact) mass is 230 g/mol. The number of hydrogen-bond donors (Lipinski definition) is 2. The smallest absolute Gasteiger partial charge is 0.311 e. The largest absolute Gasteiger partial charge is 0.396 e. The van der Waals surface area contributed by atoms with E-state index >= 15 is 0 Å². The van der Waals surface area contributed by atoms with E-state index in [2.05, 4.69) is 5.32 Å². The second-order valence-electron chi connectivity index (χ2n) is 3.63. The quantitative estimate of drug-likeness (QED) is 0.482. The van der Waals surface area contributed by atoms with Crippen molar-refractivity contribution in [3.8, 4) is 0 Å². The maximum Gasteiger partial charge on any atom is 0.311 e. The van der Waals surface area contributed by atoms with Crippen LogP contribution in [0.3, 0.4) is 0 Å². The fourth-order valence-electron chi connectivity index (χ4n) is 1.35. The minimum Gasteiger partial charge on any atom is -0.396 e. The molecule has 0 spiro atoms. The molecular weight excluding hydrogens is 208 g/mol. The minimum atomic E-state index is -0.574. The molecule has 0 radical (unpaired) electrons. The molecule has 0 saturated heterocycles. The van der Waals surface area contributed by atoms with Crippen molar-refractivity contribution in [1.82, 2.24) is 10.2 Å². The standard InChI is InChI=1S/C11H22N2O3/c1-3-7-13(8-4-2)11(16)10(15)12-6-5-9-14/h14H,3-9H2,1-2H3,(H,12,15). The van der Waals surface area contributed by atoms with Gasteiger partial charge in [0.25, 0.3) is 0 Å². The van der Waals surface area contributed by atoms with Crippen LogP contribution >= 0.6 is 0 Å². The first-order valence-corrected chi connectivity index (χ1v) is 5.85. The van der Waals surface area contributed by atoms with Crippen molar-refractivity contribution in [3.05, 3.63) is 0 Å². The first kappa shape index (κ1) is 14.9. The molecule has 94 valence electrons. The highest BCUT2D eigenvalue weighted by Gasteiger charge is 2.19. The predicted molar refractivity (Wildman–Crippen MR) is 61.9 cm³/mol. The molecule has 0 fully saturated rings. The van der Waals surface area contributed by atoms with Crippen molar-refractivity contribution in [2.75, 3.05) is 26.2 Å². The zero-order valence-corrected chi connectivity index (χ0v) is 10.2. The summed E-state index contributed by atoms with van der Waals surface area (Å²) in [4.78, 5) is 24.7. The average Bonchev–Trinajstić information content (AvgIpc) is 2.28. The number of nitrogens with one attached hydrogen (secondary N) is 1. The SMILES string of the molecule is CCCN(CCC)C(=O)C(=O)NCCCO. The van der Waals surface area contributed by atoms with E-state index in [4.69, 9.17) is 5.11 Å². The van der Waals surface area contributed by atoms with Gasteiger partial charge in [0.2, 0.25) is 0 Å². The van der Waals surface area contributed by atoms with Crippen molar-refractivity contribution in [3.63, 3.8) is 0 Å². The Morgan fingerprint density at radius 2 is 1.75 bits per heavy atom. The van der Waals surface area contributed by atoms with Crippen LogP contribution in [-0.2, 0) is 9.59 Å². The normalized spacial score (nSPS) is 9.94. The summed E-state index contributed by atoms with van der Waals surface area (Å²) in [5.74, 6) is -1.04. The first-order valence-electron chi connectivity index (χ1n) is 5.85. The Balaban J connectivity index is 4.09. The Bertz CT molecular complexity index is 213. The van der Waals surface area contributed by atoms with Crippen molar-refractivity contribution in [2.45, 2.75) is 33.1 Å². The number of aliphatic hydroxyl groups is 1. The van der Waals surface area contributed by atoms with Crippen molar-refractivity contribution >= 4 is 11.8 Å². The molecule has 0 aliphatic carbocycles. The molecule has 0 atom stereocenters. The molecule has 2 N–H and O–H groups in total. The van der Waals surface area contributed by atoms with Crippen LogP contribution in [0.1, 0.15) is 33.1 Å². The summed E-state index contributed by atoms with van der Waals surface area (Å²) in [5.41, 5.74) is 0. The van der Waals surface area contributed by atoms with Gasteiger partial charge in [0.1, 0.15) is 0 Å². The number of hydrogen-bond acceptors (Lipinski definition) is 3. The van der Waals surface area contributed by atoms with Gasteiger partial charge in [-0.2, -0.15) is 0 Å². The molecule has 0 aliphatic rings. The first-order chi connectivity index (χ1) is 7.67. The van der Waals surface area contributed by atoms with E-state index in [9.17, 15) is 9.59 Å². The third-order valence-electron chi connectivity index (χ3n) is 2.09. The molecule has 2 amide bonds. The highest BCUT2D eigenvalue weighted by atomic mass is 16.3.